The molecule has 0 bridgehead atoms. The van der Waals surface area contributed by atoms with Crippen LogP contribution in [0.1, 0.15) is 18.4 Å². The van der Waals surface area contributed by atoms with Crippen molar-refractivity contribution in [3.8, 4) is 0 Å². The van der Waals surface area contributed by atoms with Crippen LogP contribution in [0.25, 0.3) is 0 Å². The van der Waals surface area contributed by atoms with Crippen LogP contribution < -0.4 is 5.14 Å². The van der Waals surface area contributed by atoms with Crippen molar-refractivity contribution in [2.45, 2.75) is 24.3 Å². The summed E-state index contributed by atoms with van der Waals surface area (Å²) in [6.07, 6.45) is 0.340. The predicted molar refractivity (Wildman–Crippen MR) is 68.5 cm³/mol. The molecule has 0 radical (unpaired) electrons. The highest BCUT2D eigenvalue weighted by atomic mass is 32.2. The zero-order valence-electron chi connectivity index (χ0n) is 10.1. The Morgan fingerprint density at radius 2 is 2.05 bits per heavy atom. The number of hydrogen-bond acceptors (Lipinski definition) is 7. The lowest BCUT2D eigenvalue weighted by Gasteiger charge is -2.05. The molecule has 1 aromatic rings. The summed E-state index contributed by atoms with van der Waals surface area (Å²) in [6, 6.07) is 7.30. The maximum absolute atomic E-state index is 11.3. The maximum atomic E-state index is 11.3. The molecule has 0 unspecified atom stereocenters. The molecule has 1 aromatic carbocycles. The highest BCUT2D eigenvalue weighted by molar-refractivity contribution is 7.97. The van der Waals surface area contributed by atoms with E-state index in [0.29, 0.717) is 0 Å². The van der Waals surface area contributed by atoms with Crippen molar-refractivity contribution in [1.29, 1.82) is 0 Å². The highest BCUT2D eigenvalue weighted by Crippen LogP contribution is 2.13. The molecule has 0 heterocycles. The maximum Gasteiger partial charge on any atom is 0.306 e. The molecular weight excluding hydrogens is 272 g/mol. The van der Waals surface area contributed by atoms with E-state index in [0.717, 1.165) is 22.4 Å². The summed E-state index contributed by atoms with van der Waals surface area (Å²) in [4.78, 5) is 26.2. The number of benzene rings is 1. The Hall–Kier alpha value is -1.80. The molecule has 1 rings (SSSR count). The van der Waals surface area contributed by atoms with E-state index in [2.05, 4.69) is 4.84 Å². The molecule has 0 aliphatic carbocycles. The molecule has 0 fully saturated rings. The Labute approximate surface area is 114 Å². The molecule has 0 aliphatic rings. The summed E-state index contributed by atoms with van der Waals surface area (Å²) in [5.74, 6) is -0.413. The van der Waals surface area contributed by atoms with Crippen LogP contribution in [0.15, 0.2) is 29.2 Å². The molecule has 104 valence electrons. The molecule has 0 saturated carbocycles. The fourth-order valence-corrected chi connectivity index (χ4v) is 1.55. The fraction of sp³-hybridized carbons (Fsp3) is 0.364. The lowest BCUT2D eigenvalue weighted by Crippen LogP contribution is -2.08. The summed E-state index contributed by atoms with van der Waals surface area (Å²) < 4.78 is 5.01. The molecule has 19 heavy (non-hydrogen) atoms. The van der Waals surface area contributed by atoms with Crippen molar-refractivity contribution in [3.05, 3.63) is 39.9 Å². The first-order valence-corrected chi connectivity index (χ1v) is 6.38. The van der Waals surface area contributed by atoms with Gasteiger partial charge in [-0.1, -0.05) is 12.1 Å². The number of esters is 1. The van der Waals surface area contributed by atoms with E-state index < -0.39 is 11.1 Å². The molecule has 0 aromatic heterocycles. The standard InChI is InChI=1S/C11H14N2O5S/c12-19-10-5-3-9(4-6-10)8-17-11(14)2-1-7-18-13(15)16/h3-6H,1-2,7-8,12H2. The van der Waals surface area contributed by atoms with Crippen LogP contribution in [0.3, 0.4) is 0 Å². The van der Waals surface area contributed by atoms with E-state index in [1.165, 1.54) is 0 Å². The van der Waals surface area contributed by atoms with Crippen LogP contribution >= 0.6 is 11.9 Å². The second kappa shape index (κ2) is 8.33. The molecule has 0 aliphatic heterocycles. The van der Waals surface area contributed by atoms with Crippen LogP contribution in [0.2, 0.25) is 0 Å². The van der Waals surface area contributed by atoms with Gasteiger partial charge in [-0.3, -0.25) is 9.93 Å². The average molecular weight is 286 g/mol. The zero-order chi connectivity index (χ0) is 14.1. The van der Waals surface area contributed by atoms with Crippen molar-refractivity contribution in [2.75, 3.05) is 6.61 Å². The van der Waals surface area contributed by atoms with E-state index in [1.807, 2.05) is 24.3 Å². The first-order valence-electron chi connectivity index (χ1n) is 5.50. The normalized spacial score (nSPS) is 9.95. The van der Waals surface area contributed by atoms with Crippen molar-refractivity contribution < 1.29 is 19.5 Å². The topological polar surface area (TPSA) is 105 Å². The molecule has 7 nitrogen and oxygen atoms in total. The molecule has 0 saturated heterocycles. The SMILES string of the molecule is NSc1ccc(COC(=O)CCCO[N+](=O)[O-])cc1. The Kier molecular flexibility index (Phi) is 6.69. The van der Waals surface area contributed by atoms with Gasteiger partial charge in [-0.05, 0) is 36.1 Å². The van der Waals surface area contributed by atoms with Crippen LogP contribution in [-0.4, -0.2) is 17.7 Å². The highest BCUT2D eigenvalue weighted by Gasteiger charge is 2.04. The second-order valence-corrected chi connectivity index (χ2v) is 4.29. The van der Waals surface area contributed by atoms with Crippen molar-refractivity contribution >= 4 is 17.9 Å². The van der Waals surface area contributed by atoms with Crippen molar-refractivity contribution in [3.63, 3.8) is 0 Å². The number of carbonyl (C=O) groups is 1. The number of nitrogens with zero attached hydrogens (tertiary/aromatic N) is 1. The Balaban J connectivity index is 2.20. The summed E-state index contributed by atoms with van der Waals surface area (Å²) >= 11 is 1.14. The molecule has 0 atom stereocenters. The predicted octanol–water partition coefficient (Wildman–Crippen LogP) is 1.68. The zero-order valence-corrected chi connectivity index (χ0v) is 10.9. The summed E-state index contributed by atoms with van der Waals surface area (Å²) in [6.45, 7) is 0.0644. The number of nitrogens with two attached hydrogens (primary N) is 1. The first-order chi connectivity index (χ1) is 9.11. The summed E-state index contributed by atoms with van der Waals surface area (Å²) in [7, 11) is 0. The molecular formula is C11H14N2O5S. The minimum atomic E-state index is -0.887. The lowest BCUT2D eigenvalue weighted by atomic mass is 10.2. The van der Waals surface area contributed by atoms with E-state index >= 15 is 0 Å². The number of carbonyl (C=O) groups excluding carboxylic acids is 1. The third kappa shape index (κ3) is 6.63. The van der Waals surface area contributed by atoms with E-state index in [9.17, 15) is 14.9 Å². The van der Waals surface area contributed by atoms with Crippen LogP contribution in [0.5, 0.6) is 0 Å². The van der Waals surface area contributed by atoms with Gasteiger partial charge in [-0.25, -0.2) is 0 Å². The van der Waals surface area contributed by atoms with Gasteiger partial charge in [0.05, 0.1) is 6.61 Å². The van der Waals surface area contributed by atoms with Gasteiger partial charge in [0.2, 0.25) is 0 Å². The molecule has 8 heteroatoms. The van der Waals surface area contributed by atoms with Gasteiger partial charge in [0.15, 0.2) is 0 Å². The third-order valence-corrected chi connectivity index (χ3v) is 2.73. The fourth-order valence-electron chi connectivity index (χ4n) is 1.26. The Morgan fingerprint density at radius 1 is 1.37 bits per heavy atom. The minimum Gasteiger partial charge on any atom is -0.461 e. The van der Waals surface area contributed by atoms with Gasteiger partial charge in [0.25, 0.3) is 5.09 Å². The van der Waals surface area contributed by atoms with Gasteiger partial charge >= 0.3 is 5.97 Å². The van der Waals surface area contributed by atoms with Crippen LogP contribution in [0.4, 0.5) is 0 Å². The average Bonchev–Trinajstić information content (AvgIpc) is 2.41. The number of hydrogen-bond donors (Lipinski definition) is 1. The molecule has 0 amide bonds. The molecule has 2 N–H and O–H groups in total. The Bertz CT molecular complexity index is 424. The van der Waals surface area contributed by atoms with Gasteiger partial charge in [-0.2, -0.15) is 0 Å². The van der Waals surface area contributed by atoms with Gasteiger partial charge in [-0.15, -0.1) is 10.1 Å². The van der Waals surface area contributed by atoms with E-state index in [-0.39, 0.29) is 26.1 Å². The van der Waals surface area contributed by atoms with E-state index in [4.69, 9.17) is 9.88 Å². The van der Waals surface area contributed by atoms with Crippen LogP contribution in [0, 0.1) is 10.1 Å². The summed E-state index contributed by atoms with van der Waals surface area (Å²) in [5.41, 5.74) is 0.854. The van der Waals surface area contributed by atoms with Gasteiger partial charge < -0.3 is 9.57 Å². The summed E-state index contributed by atoms with van der Waals surface area (Å²) in [5, 5.41) is 14.4. The third-order valence-electron chi connectivity index (χ3n) is 2.18. The van der Waals surface area contributed by atoms with Crippen LogP contribution in [-0.2, 0) is 21.0 Å². The minimum absolute atomic E-state index is 0.0879. The Morgan fingerprint density at radius 3 is 2.63 bits per heavy atom. The monoisotopic (exact) mass is 286 g/mol. The van der Waals surface area contributed by atoms with Gasteiger partial charge in [0.1, 0.15) is 6.61 Å². The van der Waals surface area contributed by atoms with Crippen molar-refractivity contribution in [2.24, 2.45) is 5.14 Å². The van der Waals surface area contributed by atoms with E-state index in [1.54, 1.807) is 0 Å². The van der Waals surface area contributed by atoms with Crippen molar-refractivity contribution in [1.82, 2.24) is 0 Å². The molecule has 0 spiro atoms. The quantitative estimate of drug-likeness (QED) is 0.255. The number of rotatable bonds is 8. The first kappa shape index (κ1) is 15.3. The van der Waals surface area contributed by atoms with Gasteiger partial charge in [0, 0.05) is 11.3 Å². The largest absolute Gasteiger partial charge is 0.461 e. The number of ether oxygens (including phenoxy) is 1. The second-order valence-electron chi connectivity index (χ2n) is 3.58. The smallest absolute Gasteiger partial charge is 0.306 e. The lowest BCUT2D eigenvalue weighted by molar-refractivity contribution is -0.757.